The maximum Gasteiger partial charge on any atom is 0.263 e. The monoisotopic (exact) mass is 467 g/mol. The van der Waals surface area contributed by atoms with Crippen LogP contribution in [-0.2, 0) is 13.6 Å². The summed E-state index contributed by atoms with van der Waals surface area (Å²) in [6, 6.07) is 22.2. The number of pyridine rings is 1. The van der Waals surface area contributed by atoms with Gasteiger partial charge in [0.15, 0.2) is 5.65 Å². The molecule has 176 valence electrons. The van der Waals surface area contributed by atoms with E-state index in [-0.39, 0.29) is 23.3 Å². The molecule has 0 saturated carbocycles. The van der Waals surface area contributed by atoms with E-state index in [9.17, 15) is 4.79 Å². The smallest absolute Gasteiger partial charge is 0.263 e. The first-order chi connectivity index (χ1) is 17.1. The maximum absolute atomic E-state index is 13.1. The molecule has 5 rings (SSSR count). The standard InChI is InChI=1S/C26H25N7O2/c1-4-33-16-27-26(31-33)30-24(34)19-15-20-22(29-25(19)35-3)28-23(32(20)2)21(17-11-7-5-8-12-17)18-13-9-6-10-14-18/h5-16,21H,4H2,1-3H3,(H,30,31,34). The third-order valence-electron chi connectivity index (χ3n) is 5.92. The van der Waals surface area contributed by atoms with Gasteiger partial charge < -0.3 is 9.30 Å². The van der Waals surface area contributed by atoms with Crippen LogP contribution < -0.4 is 10.1 Å². The van der Waals surface area contributed by atoms with Crippen LogP contribution in [0.25, 0.3) is 11.2 Å². The number of nitrogens with one attached hydrogen (secondary N) is 1. The molecule has 0 spiro atoms. The quantitative estimate of drug-likeness (QED) is 0.388. The van der Waals surface area contributed by atoms with Gasteiger partial charge in [0.1, 0.15) is 17.7 Å². The number of carbonyl (C=O) groups excluding carboxylic acids is 1. The highest BCUT2D eigenvalue weighted by Crippen LogP contribution is 2.33. The van der Waals surface area contributed by atoms with Gasteiger partial charge in [0.2, 0.25) is 11.8 Å². The molecule has 35 heavy (non-hydrogen) atoms. The number of carbonyl (C=O) groups is 1. The number of ether oxygens (including phenoxy) is 1. The number of amides is 1. The first-order valence-corrected chi connectivity index (χ1v) is 11.3. The lowest BCUT2D eigenvalue weighted by Crippen LogP contribution is -2.15. The Labute approximate surface area is 202 Å². The van der Waals surface area contributed by atoms with Gasteiger partial charge in [-0.3, -0.25) is 14.8 Å². The van der Waals surface area contributed by atoms with Crippen LogP contribution in [0.1, 0.15) is 40.2 Å². The van der Waals surface area contributed by atoms with Gasteiger partial charge in [-0.25, -0.2) is 9.97 Å². The number of aromatic nitrogens is 6. The zero-order valence-electron chi connectivity index (χ0n) is 19.7. The van der Waals surface area contributed by atoms with E-state index in [1.807, 2.05) is 54.9 Å². The van der Waals surface area contributed by atoms with Crippen molar-refractivity contribution in [2.45, 2.75) is 19.4 Å². The number of rotatable bonds is 7. The molecule has 0 aliphatic heterocycles. The van der Waals surface area contributed by atoms with Gasteiger partial charge in [-0.15, -0.1) is 5.10 Å². The minimum absolute atomic E-state index is 0.109. The molecule has 0 atom stereocenters. The largest absolute Gasteiger partial charge is 0.480 e. The second-order valence-electron chi connectivity index (χ2n) is 8.05. The van der Waals surface area contributed by atoms with Crippen LogP contribution in [0.15, 0.2) is 73.1 Å². The zero-order chi connectivity index (χ0) is 24.4. The van der Waals surface area contributed by atoms with E-state index < -0.39 is 5.91 Å². The number of imidazole rings is 1. The van der Waals surface area contributed by atoms with Crippen LogP contribution in [0, 0.1) is 0 Å². The Balaban J connectivity index is 1.60. The Morgan fingerprint density at radius 3 is 2.26 bits per heavy atom. The molecule has 0 saturated heterocycles. The summed E-state index contributed by atoms with van der Waals surface area (Å²) in [5.74, 6) is 0.703. The molecular weight excluding hydrogens is 442 g/mol. The van der Waals surface area contributed by atoms with Gasteiger partial charge in [-0.05, 0) is 24.1 Å². The lowest BCUT2D eigenvalue weighted by molar-refractivity contribution is 0.102. The number of hydrogen-bond donors (Lipinski definition) is 1. The Morgan fingerprint density at radius 1 is 1.03 bits per heavy atom. The summed E-state index contributed by atoms with van der Waals surface area (Å²) in [6.07, 6.45) is 1.56. The molecule has 0 fully saturated rings. The number of fused-ring (bicyclic) bond motifs is 1. The molecule has 1 amide bonds. The molecule has 0 aliphatic carbocycles. The summed E-state index contributed by atoms with van der Waals surface area (Å²) in [4.78, 5) is 26.7. The van der Waals surface area contributed by atoms with Crippen LogP contribution >= 0.6 is 0 Å². The summed E-state index contributed by atoms with van der Waals surface area (Å²) in [7, 11) is 3.42. The lowest BCUT2D eigenvalue weighted by atomic mass is 9.90. The predicted octanol–water partition coefficient (Wildman–Crippen LogP) is 4.02. The third-order valence-corrected chi connectivity index (χ3v) is 5.92. The number of aryl methyl sites for hydroxylation is 2. The van der Waals surface area contributed by atoms with E-state index in [0.717, 1.165) is 22.5 Å². The summed E-state index contributed by atoms with van der Waals surface area (Å²) in [5, 5.41) is 6.94. The predicted molar refractivity (Wildman–Crippen MR) is 133 cm³/mol. The van der Waals surface area contributed by atoms with Crippen LogP contribution in [0.4, 0.5) is 5.95 Å². The van der Waals surface area contributed by atoms with Gasteiger partial charge in [0.05, 0.1) is 18.5 Å². The van der Waals surface area contributed by atoms with Crippen LogP contribution in [0.5, 0.6) is 5.88 Å². The summed E-state index contributed by atoms with van der Waals surface area (Å²) < 4.78 is 9.06. The Hall–Kier alpha value is -4.53. The first-order valence-electron chi connectivity index (χ1n) is 11.3. The first kappa shape index (κ1) is 22.3. The molecule has 9 heteroatoms. The van der Waals surface area contributed by atoms with E-state index >= 15 is 0 Å². The third kappa shape index (κ3) is 4.23. The summed E-state index contributed by atoms with van der Waals surface area (Å²) in [6.45, 7) is 2.60. The van der Waals surface area contributed by atoms with Crippen molar-refractivity contribution in [3.05, 3.63) is 95.6 Å². The number of nitrogens with zero attached hydrogens (tertiary/aromatic N) is 6. The Morgan fingerprint density at radius 2 is 1.69 bits per heavy atom. The van der Waals surface area contributed by atoms with Crippen molar-refractivity contribution in [1.29, 1.82) is 0 Å². The van der Waals surface area contributed by atoms with Crippen LogP contribution in [0.3, 0.4) is 0 Å². The van der Waals surface area contributed by atoms with E-state index in [2.05, 4.69) is 44.6 Å². The topological polar surface area (TPSA) is 99.8 Å². The Bertz CT molecular complexity index is 1440. The summed E-state index contributed by atoms with van der Waals surface area (Å²) >= 11 is 0. The number of methoxy groups -OCH3 is 1. The van der Waals surface area contributed by atoms with E-state index in [1.54, 1.807) is 17.1 Å². The van der Waals surface area contributed by atoms with Gasteiger partial charge in [0.25, 0.3) is 5.91 Å². The van der Waals surface area contributed by atoms with Gasteiger partial charge in [-0.2, -0.15) is 4.98 Å². The minimum Gasteiger partial charge on any atom is -0.480 e. The molecule has 0 aliphatic rings. The SMILES string of the molecule is CCn1cnc(NC(=O)c2cc3c(nc2OC)nc(C(c2ccccc2)c2ccccc2)n3C)n1. The molecule has 9 nitrogen and oxygen atoms in total. The van der Waals surface area contributed by atoms with E-state index in [1.165, 1.54) is 7.11 Å². The minimum atomic E-state index is -0.407. The second-order valence-corrected chi connectivity index (χ2v) is 8.05. The zero-order valence-corrected chi connectivity index (χ0v) is 19.7. The van der Waals surface area contributed by atoms with Crippen LogP contribution in [0.2, 0.25) is 0 Å². The van der Waals surface area contributed by atoms with Gasteiger partial charge >= 0.3 is 0 Å². The number of hydrogen-bond acceptors (Lipinski definition) is 6. The highest BCUT2D eigenvalue weighted by Gasteiger charge is 2.25. The van der Waals surface area contributed by atoms with Crippen molar-refractivity contribution in [3.63, 3.8) is 0 Å². The highest BCUT2D eigenvalue weighted by molar-refractivity contribution is 6.06. The van der Waals surface area contributed by atoms with Crippen molar-refractivity contribution >= 4 is 23.0 Å². The molecule has 0 bridgehead atoms. The van der Waals surface area contributed by atoms with Crippen molar-refractivity contribution in [1.82, 2.24) is 29.3 Å². The molecular formula is C26H25N7O2. The van der Waals surface area contributed by atoms with Crippen molar-refractivity contribution in [2.75, 3.05) is 12.4 Å². The number of benzene rings is 2. The van der Waals surface area contributed by atoms with Crippen LogP contribution in [-0.4, -0.2) is 42.3 Å². The summed E-state index contributed by atoms with van der Waals surface area (Å²) in [5.41, 5.74) is 3.72. The average molecular weight is 468 g/mol. The van der Waals surface area contributed by atoms with Crippen molar-refractivity contribution < 1.29 is 9.53 Å². The molecule has 2 aromatic carbocycles. The molecule has 0 unspecified atom stereocenters. The highest BCUT2D eigenvalue weighted by atomic mass is 16.5. The molecule has 0 radical (unpaired) electrons. The fourth-order valence-electron chi connectivity index (χ4n) is 4.14. The molecule has 3 aromatic heterocycles. The molecule has 3 heterocycles. The number of anilines is 1. The van der Waals surface area contributed by atoms with E-state index in [4.69, 9.17) is 9.72 Å². The molecule has 5 aromatic rings. The van der Waals surface area contributed by atoms with Crippen molar-refractivity contribution in [3.8, 4) is 5.88 Å². The maximum atomic E-state index is 13.1. The van der Waals surface area contributed by atoms with E-state index in [0.29, 0.717) is 12.2 Å². The van der Waals surface area contributed by atoms with Crippen molar-refractivity contribution in [2.24, 2.45) is 7.05 Å². The lowest BCUT2D eigenvalue weighted by Gasteiger charge is -2.18. The molecule has 1 N–H and O–H groups in total. The average Bonchev–Trinajstić information content (AvgIpc) is 3.48. The van der Waals surface area contributed by atoms with Gasteiger partial charge in [-0.1, -0.05) is 60.7 Å². The normalized spacial score (nSPS) is 11.2. The fraction of sp³-hybridized carbons (Fsp3) is 0.192. The van der Waals surface area contributed by atoms with Gasteiger partial charge in [0, 0.05) is 13.6 Å². The second kappa shape index (κ2) is 9.38. The Kier molecular flexibility index (Phi) is 5.97. The fourth-order valence-corrected chi connectivity index (χ4v) is 4.14.